The molecule has 150 valence electrons. The van der Waals surface area contributed by atoms with E-state index in [0.29, 0.717) is 18.7 Å². The second kappa shape index (κ2) is 8.95. The molecule has 2 heterocycles. The molecule has 1 aromatic heterocycles. The second-order valence-electron chi connectivity index (χ2n) is 7.75. The Bertz CT molecular complexity index is 944. The van der Waals surface area contributed by atoms with E-state index in [9.17, 15) is 4.79 Å². The fourth-order valence-electron chi connectivity index (χ4n) is 3.97. The number of amides is 1. The third-order valence-corrected chi connectivity index (χ3v) is 5.51. The summed E-state index contributed by atoms with van der Waals surface area (Å²) >= 11 is 0. The summed E-state index contributed by atoms with van der Waals surface area (Å²) in [5.41, 5.74) is 4.24. The van der Waals surface area contributed by atoms with Crippen molar-refractivity contribution >= 4 is 11.6 Å². The third-order valence-electron chi connectivity index (χ3n) is 5.51. The minimum atomic E-state index is -0.00208. The monoisotopic (exact) mass is 388 g/mol. The Morgan fingerprint density at radius 1 is 1.00 bits per heavy atom. The number of anilines is 1. The smallest absolute Gasteiger partial charge is 0.257 e. The first-order valence-corrected chi connectivity index (χ1v) is 10.4. The molecule has 0 N–H and O–H groups in total. The van der Waals surface area contributed by atoms with Gasteiger partial charge in [0, 0.05) is 38.6 Å². The van der Waals surface area contributed by atoms with Crippen LogP contribution in [0.1, 0.15) is 40.7 Å². The maximum Gasteiger partial charge on any atom is 0.257 e. The number of benzene rings is 2. The molecule has 0 aliphatic carbocycles. The molecule has 1 fully saturated rings. The molecule has 3 aromatic rings. The molecule has 0 spiro atoms. The summed E-state index contributed by atoms with van der Waals surface area (Å²) in [5.74, 6) is -0.00208. The molecule has 5 heteroatoms. The van der Waals surface area contributed by atoms with E-state index in [1.54, 1.807) is 11.1 Å². The first-order valence-electron chi connectivity index (χ1n) is 10.4. The van der Waals surface area contributed by atoms with Gasteiger partial charge in [0.1, 0.15) is 0 Å². The number of piperidine rings is 1. The summed E-state index contributed by atoms with van der Waals surface area (Å²) in [5, 5.41) is 4.37. The van der Waals surface area contributed by atoms with Crippen LogP contribution in [-0.4, -0.2) is 40.7 Å². The maximum absolute atomic E-state index is 13.0. The molecule has 0 bridgehead atoms. The molecule has 29 heavy (non-hydrogen) atoms. The lowest BCUT2D eigenvalue weighted by molar-refractivity contribution is 0.0785. The van der Waals surface area contributed by atoms with Gasteiger partial charge < -0.3 is 9.80 Å². The Morgan fingerprint density at radius 3 is 2.52 bits per heavy atom. The molecule has 0 radical (unpaired) electrons. The van der Waals surface area contributed by atoms with Crippen LogP contribution >= 0.6 is 0 Å². The Balaban J connectivity index is 1.44. The van der Waals surface area contributed by atoms with Gasteiger partial charge in [-0.15, -0.1) is 0 Å². The van der Waals surface area contributed by atoms with Crippen LogP contribution in [0.2, 0.25) is 0 Å². The zero-order chi connectivity index (χ0) is 20.1. The highest BCUT2D eigenvalue weighted by atomic mass is 16.2. The normalized spacial score (nSPS) is 14.0. The zero-order valence-electron chi connectivity index (χ0n) is 17.0. The molecule has 4 rings (SSSR count). The number of para-hydroxylation sites is 1. The second-order valence-corrected chi connectivity index (χ2v) is 7.75. The summed E-state index contributed by atoms with van der Waals surface area (Å²) in [6.07, 6.45) is 7.29. The van der Waals surface area contributed by atoms with Crippen molar-refractivity contribution in [3.05, 3.63) is 83.7 Å². The fraction of sp³-hybridized carbons (Fsp3) is 0.333. The molecule has 1 amide bonds. The summed E-state index contributed by atoms with van der Waals surface area (Å²) in [7, 11) is 1.86. The van der Waals surface area contributed by atoms with E-state index in [1.807, 2.05) is 36.1 Å². The molecule has 1 saturated heterocycles. The van der Waals surface area contributed by atoms with Gasteiger partial charge in [-0.25, -0.2) is 0 Å². The van der Waals surface area contributed by atoms with Crippen molar-refractivity contribution in [2.24, 2.45) is 0 Å². The van der Waals surface area contributed by atoms with Gasteiger partial charge in [-0.1, -0.05) is 48.5 Å². The van der Waals surface area contributed by atoms with Crippen LogP contribution in [-0.2, 0) is 13.1 Å². The minimum absolute atomic E-state index is 0.00208. The van der Waals surface area contributed by atoms with Crippen LogP contribution in [0.3, 0.4) is 0 Å². The highest BCUT2D eigenvalue weighted by Gasteiger charge is 2.18. The molecule has 0 unspecified atom stereocenters. The number of aromatic nitrogens is 2. The van der Waals surface area contributed by atoms with Crippen LogP contribution in [0, 0.1) is 0 Å². The van der Waals surface area contributed by atoms with Crippen LogP contribution in [0.25, 0.3) is 0 Å². The number of carbonyl (C=O) groups excluding carboxylic acids is 1. The fourth-order valence-corrected chi connectivity index (χ4v) is 3.97. The van der Waals surface area contributed by atoms with E-state index in [-0.39, 0.29) is 5.91 Å². The molecule has 2 aromatic carbocycles. The van der Waals surface area contributed by atoms with Crippen molar-refractivity contribution in [1.82, 2.24) is 14.7 Å². The number of carbonyl (C=O) groups is 1. The molecular weight excluding hydrogens is 360 g/mol. The lowest BCUT2D eigenvalue weighted by Gasteiger charge is -2.31. The number of hydrogen-bond donors (Lipinski definition) is 0. The molecule has 0 atom stereocenters. The van der Waals surface area contributed by atoms with Crippen LogP contribution < -0.4 is 4.90 Å². The lowest BCUT2D eigenvalue weighted by atomic mass is 10.1. The summed E-state index contributed by atoms with van der Waals surface area (Å²) < 4.78 is 1.82. The zero-order valence-corrected chi connectivity index (χ0v) is 17.0. The predicted octanol–water partition coefficient (Wildman–Crippen LogP) is 4.19. The average molecular weight is 389 g/mol. The predicted molar refractivity (Wildman–Crippen MR) is 116 cm³/mol. The largest absolute Gasteiger partial charge is 0.371 e. The van der Waals surface area contributed by atoms with Crippen LogP contribution in [0.4, 0.5) is 5.69 Å². The topological polar surface area (TPSA) is 41.4 Å². The van der Waals surface area contributed by atoms with Crippen LogP contribution in [0.5, 0.6) is 0 Å². The van der Waals surface area contributed by atoms with E-state index >= 15 is 0 Å². The molecule has 5 nitrogen and oxygen atoms in total. The SMILES string of the molecule is CN(Cc1ccccc1N1CCCCC1)C(=O)c1cnn(Cc2ccccc2)c1. The van der Waals surface area contributed by atoms with E-state index in [2.05, 4.69) is 46.4 Å². The van der Waals surface area contributed by atoms with E-state index in [4.69, 9.17) is 0 Å². The Kier molecular flexibility index (Phi) is 5.94. The minimum Gasteiger partial charge on any atom is -0.371 e. The van der Waals surface area contributed by atoms with Crippen molar-refractivity contribution in [2.45, 2.75) is 32.4 Å². The lowest BCUT2D eigenvalue weighted by Crippen LogP contribution is -2.32. The average Bonchev–Trinajstić information content (AvgIpc) is 3.23. The summed E-state index contributed by atoms with van der Waals surface area (Å²) in [6.45, 7) is 3.45. The van der Waals surface area contributed by atoms with Crippen molar-refractivity contribution in [3.63, 3.8) is 0 Å². The number of rotatable bonds is 6. The summed E-state index contributed by atoms with van der Waals surface area (Å²) in [4.78, 5) is 17.2. The van der Waals surface area contributed by atoms with Gasteiger partial charge in [0.15, 0.2) is 0 Å². The Labute approximate surface area is 172 Å². The van der Waals surface area contributed by atoms with Gasteiger partial charge in [-0.3, -0.25) is 9.48 Å². The van der Waals surface area contributed by atoms with Crippen molar-refractivity contribution in [1.29, 1.82) is 0 Å². The molecule has 0 saturated carbocycles. The summed E-state index contributed by atoms with van der Waals surface area (Å²) in [6, 6.07) is 18.6. The van der Waals surface area contributed by atoms with Gasteiger partial charge in [0.25, 0.3) is 5.91 Å². The number of hydrogen-bond acceptors (Lipinski definition) is 3. The van der Waals surface area contributed by atoms with Crippen molar-refractivity contribution < 1.29 is 4.79 Å². The first-order chi connectivity index (χ1) is 14.2. The maximum atomic E-state index is 13.0. The highest BCUT2D eigenvalue weighted by Crippen LogP contribution is 2.25. The van der Waals surface area contributed by atoms with E-state index in [1.165, 1.54) is 36.1 Å². The quantitative estimate of drug-likeness (QED) is 0.636. The van der Waals surface area contributed by atoms with E-state index in [0.717, 1.165) is 13.1 Å². The van der Waals surface area contributed by atoms with Gasteiger partial charge in [0.05, 0.1) is 18.3 Å². The highest BCUT2D eigenvalue weighted by molar-refractivity contribution is 5.93. The van der Waals surface area contributed by atoms with Crippen LogP contribution in [0.15, 0.2) is 67.0 Å². The number of nitrogens with zero attached hydrogens (tertiary/aromatic N) is 4. The van der Waals surface area contributed by atoms with E-state index < -0.39 is 0 Å². The van der Waals surface area contributed by atoms with Gasteiger partial charge >= 0.3 is 0 Å². The van der Waals surface area contributed by atoms with Gasteiger partial charge in [-0.05, 0) is 36.5 Å². The molecular formula is C24H28N4O. The van der Waals surface area contributed by atoms with Gasteiger partial charge in [-0.2, -0.15) is 5.10 Å². The third kappa shape index (κ3) is 4.67. The Hall–Kier alpha value is -3.08. The van der Waals surface area contributed by atoms with Crippen molar-refractivity contribution in [3.8, 4) is 0 Å². The Morgan fingerprint density at radius 2 is 1.72 bits per heavy atom. The van der Waals surface area contributed by atoms with Crippen molar-refractivity contribution in [2.75, 3.05) is 25.0 Å². The van der Waals surface area contributed by atoms with Gasteiger partial charge in [0.2, 0.25) is 0 Å². The molecule has 1 aliphatic heterocycles. The molecule has 1 aliphatic rings. The standard InChI is InChI=1S/C24H28N4O/c1-26(18-21-12-6-7-13-23(21)27-14-8-3-9-15-27)24(29)22-16-25-28(19-22)17-20-10-4-2-5-11-20/h2,4-7,10-13,16,19H,3,8-9,14-15,17-18H2,1H3. The first kappa shape index (κ1) is 19.2.